The lowest BCUT2D eigenvalue weighted by Gasteiger charge is -2.28. The summed E-state index contributed by atoms with van der Waals surface area (Å²) >= 11 is 1.73. The van der Waals surface area contributed by atoms with E-state index in [-0.39, 0.29) is 17.0 Å². The number of amides is 1. The minimum atomic E-state index is 0.0536. The maximum atomic E-state index is 12.4. The Kier molecular flexibility index (Phi) is 7.66. The SMILES string of the molecule is COCCN(CCC(N)=NO)C(=O)C1CCCCS1. The molecule has 19 heavy (non-hydrogen) atoms. The molecule has 1 aliphatic rings. The standard InChI is InChI=1S/C12H23N3O3S/c1-18-8-7-15(6-5-11(13)14-17)12(16)10-4-2-3-9-19-10/h10,17H,2-9H2,1H3,(H2,13,14). The monoisotopic (exact) mass is 289 g/mol. The van der Waals surface area contributed by atoms with Crippen molar-refractivity contribution in [3.63, 3.8) is 0 Å². The average molecular weight is 289 g/mol. The molecule has 0 aromatic carbocycles. The summed E-state index contributed by atoms with van der Waals surface area (Å²) in [6.07, 6.45) is 3.62. The lowest BCUT2D eigenvalue weighted by atomic mass is 10.1. The smallest absolute Gasteiger partial charge is 0.235 e. The molecule has 7 heteroatoms. The number of ether oxygens (including phenoxy) is 1. The Labute approximate surface area is 118 Å². The lowest BCUT2D eigenvalue weighted by molar-refractivity contribution is -0.131. The van der Waals surface area contributed by atoms with Gasteiger partial charge in [0.05, 0.1) is 11.9 Å². The molecule has 3 N–H and O–H groups in total. The topological polar surface area (TPSA) is 88.2 Å². The van der Waals surface area contributed by atoms with Crippen LogP contribution in [0.15, 0.2) is 5.16 Å². The summed E-state index contributed by atoms with van der Waals surface area (Å²) in [6.45, 7) is 1.51. The summed E-state index contributed by atoms with van der Waals surface area (Å²) in [5, 5.41) is 11.5. The van der Waals surface area contributed by atoms with E-state index >= 15 is 0 Å². The van der Waals surface area contributed by atoms with E-state index in [2.05, 4.69) is 5.16 Å². The largest absolute Gasteiger partial charge is 0.409 e. The van der Waals surface area contributed by atoms with Crippen molar-refractivity contribution in [3.05, 3.63) is 0 Å². The van der Waals surface area contributed by atoms with E-state index < -0.39 is 0 Å². The molecule has 0 aliphatic carbocycles. The molecule has 1 atom stereocenters. The number of amidine groups is 1. The van der Waals surface area contributed by atoms with E-state index in [0.29, 0.717) is 26.1 Å². The van der Waals surface area contributed by atoms with Crippen LogP contribution in [0.2, 0.25) is 0 Å². The molecule has 0 aromatic rings. The molecule has 0 radical (unpaired) electrons. The normalized spacial score (nSPS) is 20.3. The third-order valence-corrected chi connectivity index (χ3v) is 4.46. The summed E-state index contributed by atoms with van der Waals surface area (Å²) in [6, 6.07) is 0. The van der Waals surface area contributed by atoms with Crippen LogP contribution in [-0.2, 0) is 9.53 Å². The van der Waals surface area contributed by atoms with Crippen LogP contribution < -0.4 is 5.73 Å². The third kappa shape index (κ3) is 5.69. The van der Waals surface area contributed by atoms with Crippen molar-refractivity contribution in [1.29, 1.82) is 0 Å². The van der Waals surface area contributed by atoms with Gasteiger partial charge in [0.2, 0.25) is 5.91 Å². The molecule has 1 amide bonds. The first-order valence-electron chi connectivity index (χ1n) is 6.54. The fraction of sp³-hybridized carbons (Fsp3) is 0.833. The Morgan fingerprint density at radius 1 is 1.53 bits per heavy atom. The number of nitrogens with zero attached hydrogens (tertiary/aromatic N) is 2. The van der Waals surface area contributed by atoms with E-state index in [9.17, 15) is 4.79 Å². The number of thioether (sulfide) groups is 1. The van der Waals surface area contributed by atoms with Crippen LogP contribution in [0.3, 0.4) is 0 Å². The van der Waals surface area contributed by atoms with Gasteiger partial charge in [0.1, 0.15) is 5.84 Å². The highest BCUT2D eigenvalue weighted by Gasteiger charge is 2.26. The Hall–Kier alpha value is -0.950. The average Bonchev–Trinajstić information content (AvgIpc) is 2.47. The zero-order valence-corrected chi connectivity index (χ0v) is 12.2. The molecule has 6 nitrogen and oxygen atoms in total. The minimum Gasteiger partial charge on any atom is -0.409 e. The first kappa shape index (κ1) is 16.1. The van der Waals surface area contributed by atoms with Gasteiger partial charge in [-0.05, 0) is 18.6 Å². The van der Waals surface area contributed by atoms with Gasteiger partial charge < -0.3 is 20.6 Å². The second kappa shape index (κ2) is 9.03. The maximum Gasteiger partial charge on any atom is 0.235 e. The van der Waals surface area contributed by atoms with Crippen LogP contribution in [-0.4, -0.2) is 59.7 Å². The Morgan fingerprint density at radius 2 is 2.32 bits per heavy atom. The van der Waals surface area contributed by atoms with Gasteiger partial charge in [-0.1, -0.05) is 11.6 Å². The molecule has 1 rings (SSSR count). The van der Waals surface area contributed by atoms with Gasteiger partial charge in [0.25, 0.3) is 0 Å². The Bertz CT molecular complexity index is 307. The van der Waals surface area contributed by atoms with Gasteiger partial charge >= 0.3 is 0 Å². The number of carbonyl (C=O) groups excluding carboxylic acids is 1. The first-order chi connectivity index (χ1) is 9.19. The van der Waals surface area contributed by atoms with Crippen molar-refractivity contribution in [2.24, 2.45) is 10.9 Å². The molecule has 0 saturated carbocycles. The fourth-order valence-corrected chi connectivity index (χ4v) is 3.25. The highest BCUT2D eigenvalue weighted by atomic mass is 32.2. The number of oxime groups is 1. The maximum absolute atomic E-state index is 12.4. The zero-order valence-electron chi connectivity index (χ0n) is 11.4. The Balaban J connectivity index is 2.52. The first-order valence-corrected chi connectivity index (χ1v) is 7.59. The molecule has 110 valence electrons. The molecule has 0 bridgehead atoms. The van der Waals surface area contributed by atoms with E-state index in [1.807, 2.05) is 0 Å². The summed E-state index contributed by atoms with van der Waals surface area (Å²) in [7, 11) is 1.61. The van der Waals surface area contributed by atoms with Crippen LogP contribution in [0.4, 0.5) is 0 Å². The molecular formula is C12H23N3O3S. The van der Waals surface area contributed by atoms with Crippen molar-refractivity contribution in [2.75, 3.05) is 32.6 Å². The molecule has 1 aliphatic heterocycles. The number of methoxy groups -OCH3 is 1. The highest BCUT2D eigenvalue weighted by molar-refractivity contribution is 8.00. The summed E-state index contributed by atoms with van der Waals surface area (Å²) < 4.78 is 5.03. The van der Waals surface area contributed by atoms with Gasteiger partial charge in [0.15, 0.2) is 0 Å². The fourth-order valence-electron chi connectivity index (χ4n) is 1.97. The second-order valence-electron chi connectivity index (χ2n) is 4.51. The van der Waals surface area contributed by atoms with E-state index in [1.165, 1.54) is 6.42 Å². The number of carbonyl (C=O) groups is 1. The van der Waals surface area contributed by atoms with Gasteiger partial charge in [-0.15, -0.1) is 11.8 Å². The van der Waals surface area contributed by atoms with Crippen molar-refractivity contribution in [3.8, 4) is 0 Å². The predicted molar refractivity (Wildman–Crippen MR) is 76.6 cm³/mol. The number of hydrogen-bond donors (Lipinski definition) is 2. The van der Waals surface area contributed by atoms with Crippen molar-refractivity contribution < 1.29 is 14.7 Å². The van der Waals surface area contributed by atoms with Crippen molar-refractivity contribution in [1.82, 2.24) is 4.90 Å². The van der Waals surface area contributed by atoms with Crippen LogP contribution in [0.1, 0.15) is 25.7 Å². The molecule has 1 fully saturated rings. The second-order valence-corrected chi connectivity index (χ2v) is 5.83. The molecule has 1 unspecified atom stereocenters. The van der Waals surface area contributed by atoms with Crippen LogP contribution in [0, 0.1) is 0 Å². The Morgan fingerprint density at radius 3 is 2.89 bits per heavy atom. The highest BCUT2D eigenvalue weighted by Crippen LogP contribution is 2.26. The molecule has 1 heterocycles. The predicted octanol–water partition coefficient (Wildman–Crippen LogP) is 0.884. The lowest BCUT2D eigenvalue weighted by Crippen LogP contribution is -2.42. The van der Waals surface area contributed by atoms with Gasteiger partial charge in [-0.2, -0.15) is 0 Å². The molecular weight excluding hydrogens is 266 g/mol. The molecule has 1 saturated heterocycles. The number of nitrogens with two attached hydrogens (primary N) is 1. The van der Waals surface area contributed by atoms with E-state index in [0.717, 1.165) is 18.6 Å². The van der Waals surface area contributed by atoms with E-state index in [1.54, 1.807) is 23.8 Å². The van der Waals surface area contributed by atoms with E-state index in [4.69, 9.17) is 15.7 Å². The third-order valence-electron chi connectivity index (χ3n) is 3.10. The van der Waals surface area contributed by atoms with Crippen LogP contribution in [0.25, 0.3) is 0 Å². The van der Waals surface area contributed by atoms with Crippen LogP contribution >= 0.6 is 11.8 Å². The number of hydrogen-bond acceptors (Lipinski definition) is 5. The summed E-state index contributed by atoms with van der Waals surface area (Å²) in [5.41, 5.74) is 5.45. The van der Waals surface area contributed by atoms with Gasteiger partial charge in [0, 0.05) is 26.6 Å². The van der Waals surface area contributed by atoms with Crippen LogP contribution in [0.5, 0.6) is 0 Å². The summed E-state index contributed by atoms with van der Waals surface area (Å²) in [4.78, 5) is 14.2. The summed E-state index contributed by atoms with van der Waals surface area (Å²) in [5.74, 6) is 1.34. The van der Waals surface area contributed by atoms with Gasteiger partial charge in [-0.25, -0.2) is 0 Å². The number of rotatable bonds is 7. The quantitative estimate of drug-likeness (QED) is 0.314. The molecule has 0 spiro atoms. The minimum absolute atomic E-state index is 0.0536. The van der Waals surface area contributed by atoms with Crippen molar-refractivity contribution in [2.45, 2.75) is 30.9 Å². The molecule has 0 aromatic heterocycles. The zero-order chi connectivity index (χ0) is 14.1. The van der Waals surface area contributed by atoms with Gasteiger partial charge in [-0.3, -0.25) is 4.79 Å². The van der Waals surface area contributed by atoms with Crippen molar-refractivity contribution >= 4 is 23.5 Å².